The van der Waals surface area contributed by atoms with E-state index < -0.39 is 0 Å². The van der Waals surface area contributed by atoms with E-state index in [1.165, 1.54) is 26.1 Å². The number of rotatable bonds is 3. The fraction of sp³-hybridized carbons (Fsp3) is 1.00. The van der Waals surface area contributed by atoms with E-state index in [4.69, 9.17) is 4.74 Å². The maximum atomic E-state index is 5.02. The molecule has 66 valence electrons. The van der Waals surface area contributed by atoms with Gasteiger partial charge in [-0.3, -0.25) is 4.90 Å². The molecule has 1 heterocycles. The second-order valence-electron chi connectivity index (χ2n) is 2.94. The zero-order valence-electron chi connectivity index (χ0n) is 7.31. The normalized spacial score (nSPS) is 21.5. The molecule has 0 aliphatic carbocycles. The highest BCUT2D eigenvalue weighted by Crippen LogP contribution is 1.93. The zero-order chi connectivity index (χ0) is 7.94. The lowest BCUT2D eigenvalue weighted by atomic mass is 10.4. The second kappa shape index (κ2) is 5.52. The quantitative estimate of drug-likeness (QED) is 0.622. The average molecular weight is 158 g/mol. The molecular formula is C8H18N2O. The van der Waals surface area contributed by atoms with E-state index in [1.807, 2.05) is 0 Å². The Balaban J connectivity index is 2.09. The highest BCUT2D eigenvalue weighted by atomic mass is 16.5. The Bertz CT molecular complexity index is 90.1. The summed E-state index contributed by atoms with van der Waals surface area (Å²) < 4.78 is 5.02. The van der Waals surface area contributed by atoms with Gasteiger partial charge in [0, 0.05) is 26.7 Å². The molecular weight excluding hydrogens is 140 g/mol. The fourth-order valence-corrected chi connectivity index (χ4v) is 1.35. The van der Waals surface area contributed by atoms with Crippen LogP contribution in [0.15, 0.2) is 0 Å². The van der Waals surface area contributed by atoms with E-state index >= 15 is 0 Å². The molecule has 3 nitrogen and oxygen atoms in total. The van der Waals surface area contributed by atoms with Crippen molar-refractivity contribution in [3.63, 3.8) is 0 Å². The molecule has 0 saturated carbocycles. The van der Waals surface area contributed by atoms with Crippen LogP contribution in [0.5, 0.6) is 0 Å². The molecule has 0 bridgehead atoms. The summed E-state index contributed by atoms with van der Waals surface area (Å²) in [4.78, 5) is 2.45. The van der Waals surface area contributed by atoms with Crippen molar-refractivity contribution in [3.8, 4) is 0 Å². The lowest BCUT2D eigenvalue weighted by molar-refractivity contribution is 0.152. The van der Waals surface area contributed by atoms with E-state index in [-0.39, 0.29) is 0 Å². The Kier molecular flexibility index (Phi) is 4.50. The number of ether oxygens (including phenoxy) is 1. The van der Waals surface area contributed by atoms with Gasteiger partial charge in [0.2, 0.25) is 0 Å². The molecule has 0 spiro atoms. The van der Waals surface area contributed by atoms with Gasteiger partial charge in [0.05, 0.1) is 6.61 Å². The lowest BCUT2D eigenvalue weighted by Crippen LogP contribution is -2.30. The van der Waals surface area contributed by atoms with Crippen molar-refractivity contribution in [3.05, 3.63) is 0 Å². The van der Waals surface area contributed by atoms with Crippen LogP contribution in [-0.2, 0) is 4.74 Å². The molecule has 1 aliphatic rings. The highest BCUT2D eigenvalue weighted by Gasteiger charge is 2.06. The summed E-state index contributed by atoms with van der Waals surface area (Å²) in [6.07, 6.45) is 1.27. The van der Waals surface area contributed by atoms with Gasteiger partial charge in [-0.25, -0.2) is 0 Å². The third-order valence-electron chi connectivity index (χ3n) is 2.04. The number of methoxy groups -OCH3 is 1. The molecule has 1 fully saturated rings. The van der Waals surface area contributed by atoms with Crippen molar-refractivity contribution < 1.29 is 4.74 Å². The first-order valence-corrected chi connectivity index (χ1v) is 4.35. The maximum Gasteiger partial charge on any atom is 0.0589 e. The van der Waals surface area contributed by atoms with Gasteiger partial charge in [-0.2, -0.15) is 0 Å². The van der Waals surface area contributed by atoms with Gasteiger partial charge < -0.3 is 10.1 Å². The summed E-state index contributed by atoms with van der Waals surface area (Å²) in [5, 5.41) is 3.37. The summed E-state index contributed by atoms with van der Waals surface area (Å²) in [7, 11) is 1.76. The van der Waals surface area contributed by atoms with Gasteiger partial charge in [-0.05, 0) is 19.5 Å². The molecule has 1 saturated heterocycles. The van der Waals surface area contributed by atoms with Crippen LogP contribution >= 0.6 is 0 Å². The summed E-state index contributed by atoms with van der Waals surface area (Å²) in [6.45, 7) is 6.63. The van der Waals surface area contributed by atoms with Gasteiger partial charge in [-0.15, -0.1) is 0 Å². The SMILES string of the molecule is COCCN1CCCNCC1. The first-order chi connectivity index (χ1) is 5.43. The fourth-order valence-electron chi connectivity index (χ4n) is 1.35. The van der Waals surface area contributed by atoms with Crippen LogP contribution in [0.3, 0.4) is 0 Å². The predicted octanol–water partition coefficient (Wildman–Crippen LogP) is -0.0719. The average Bonchev–Trinajstić information content (AvgIpc) is 2.28. The molecule has 0 radical (unpaired) electrons. The summed E-state index contributed by atoms with van der Waals surface area (Å²) in [6, 6.07) is 0. The second-order valence-corrected chi connectivity index (χ2v) is 2.94. The first-order valence-electron chi connectivity index (χ1n) is 4.35. The molecule has 1 rings (SSSR count). The molecule has 0 aromatic carbocycles. The van der Waals surface area contributed by atoms with Crippen LogP contribution in [0.4, 0.5) is 0 Å². The summed E-state index contributed by atoms with van der Waals surface area (Å²) in [5.74, 6) is 0. The smallest absolute Gasteiger partial charge is 0.0589 e. The van der Waals surface area contributed by atoms with Crippen LogP contribution in [-0.4, -0.2) is 51.3 Å². The van der Waals surface area contributed by atoms with Crippen LogP contribution in [0.1, 0.15) is 6.42 Å². The van der Waals surface area contributed by atoms with E-state index in [9.17, 15) is 0 Å². The molecule has 11 heavy (non-hydrogen) atoms. The molecule has 1 aliphatic heterocycles. The lowest BCUT2D eigenvalue weighted by Gasteiger charge is -2.18. The predicted molar refractivity (Wildman–Crippen MR) is 45.8 cm³/mol. The van der Waals surface area contributed by atoms with Crippen molar-refractivity contribution in [1.82, 2.24) is 10.2 Å². The third-order valence-corrected chi connectivity index (χ3v) is 2.04. The van der Waals surface area contributed by atoms with E-state index in [2.05, 4.69) is 10.2 Å². The summed E-state index contributed by atoms with van der Waals surface area (Å²) >= 11 is 0. The minimum Gasteiger partial charge on any atom is -0.383 e. The highest BCUT2D eigenvalue weighted by molar-refractivity contribution is 4.64. The topological polar surface area (TPSA) is 24.5 Å². The van der Waals surface area contributed by atoms with Crippen molar-refractivity contribution in [2.45, 2.75) is 6.42 Å². The third kappa shape index (κ3) is 3.70. The van der Waals surface area contributed by atoms with Crippen LogP contribution in [0.2, 0.25) is 0 Å². The Morgan fingerprint density at radius 3 is 3.09 bits per heavy atom. The van der Waals surface area contributed by atoms with Crippen LogP contribution in [0.25, 0.3) is 0 Å². The van der Waals surface area contributed by atoms with Gasteiger partial charge in [0.25, 0.3) is 0 Å². The Hall–Kier alpha value is -0.120. The number of hydrogen-bond acceptors (Lipinski definition) is 3. The van der Waals surface area contributed by atoms with Crippen molar-refractivity contribution in [2.75, 3.05) is 46.4 Å². The number of nitrogens with zero attached hydrogens (tertiary/aromatic N) is 1. The van der Waals surface area contributed by atoms with Gasteiger partial charge in [0.1, 0.15) is 0 Å². The van der Waals surface area contributed by atoms with Gasteiger partial charge in [0.15, 0.2) is 0 Å². The van der Waals surface area contributed by atoms with E-state index in [0.29, 0.717) is 0 Å². The van der Waals surface area contributed by atoms with Gasteiger partial charge in [-0.1, -0.05) is 0 Å². The van der Waals surface area contributed by atoms with Crippen molar-refractivity contribution >= 4 is 0 Å². The molecule has 0 aromatic heterocycles. The van der Waals surface area contributed by atoms with Gasteiger partial charge >= 0.3 is 0 Å². The van der Waals surface area contributed by atoms with E-state index in [1.54, 1.807) is 7.11 Å². The molecule has 0 unspecified atom stereocenters. The summed E-state index contributed by atoms with van der Waals surface area (Å²) in [5.41, 5.74) is 0. The Labute approximate surface area is 68.7 Å². The van der Waals surface area contributed by atoms with E-state index in [0.717, 1.165) is 19.7 Å². The van der Waals surface area contributed by atoms with Crippen LogP contribution < -0.4 is 5.32 Å². The largest absolute Gasteiger partial charge is 0.383 e. The van der Waals surface area contributed by atoms with Crippen molar-refractivity contribution in [1.29, 1.82) is 0 Å². The first kappa shape index (κ1) is 8.97. The minimum atomic E-state index is 0.861. The molecule has 0 aromatic rings. The van der Waals surface area contributed by atoms with Crippen LogP contribution in [0, 0.1) is 0 Å². The Morgan fingerprint density at radius 1 is 1.36 bits per heavy atom. The Morgan fingerprint density at radius 2 is 2.27 bits per heavy atom. The minimum absolute atomic E-state index is 0.861. The van der Waals surface area contributed by atoms with Crippen molar-refractivity contribution in [2.24, 2.45) is 0 Å². The molecule has 0 amide bonds. The molecule has 3 heteroatoms. The number of nitrogens with one attached hydrogen (secondary N) is 1. The monoisotopic (exact) mass is 158 g/mol. The standard InChI is InChI=1S/C8H18N2O/c1-11-8-7-10-5-2-3-9-4-6-10/h9H,2-8H2,1H3. The number of hydrogen-bond donors (Lipinski definition) is 1. The molecule has 1 N–H and O–H groups in total. The zero-order valence-corrected chi connectivity index (χ0v) is 7.31. The molecule has 0 atom stereocenters. The maximum absolute atomic E-state index is 5.02.